The number of nitrogens with zero attached hydrogens (tertiary/aromatic N) is 3. The first-order valence-corrected chi connectivity index (χ1v) is 12.7. The fourth-order valence-electron chi connectivity index (χ4n) is 2.24. The predicted molar refractivity (Wildman–Crippen MR) is 117 cm³/mol. The molecule has 0 fully saturated rings. The van der Waals surface area contributed by atoms with Gasteiger partial charge in [-0.15, -0.1) is 21.5 Å². The lowest BCUT2D eigenvalue weighted by Gasteiger charge is -2.14. The molecule has 2 rings (SSSR count). The summed E-state index contributed by atoms with van der Waals surface area (Å²) in [5, 5.41) is 19.6. The summed E-state index contributed by atoms with van der Waals surface area (Å²) >= 11 is 3.74. The minimum absolute atomic E-state index is 0.412. The maximum absolute atomic E-state index is 9.12. The Labute approximate surface area is 176 Å². The van der Waals surface area contributed by atoms with Gasteiger partial charge in [0.1, 0.15) is 15.8 Å². The fourth-order valence-corrected chi connectivity index (χ4v) is 3.62. The zero-order valence-corrected chi connectivity index (χ0v) is 19.3. The largest absolute Gasteiger partial charge is 0.493 e. The van der Waals surface area contributed by atoms with Gasteiger partial charge in [0, 0.05) is 33.2 Å². The Morgan fingerprint density at radius 2 is 2.00 bits per heavy atom. The second-order valence-corrected chi connectivity index (χ2v) is 7.70. The van der Waals surface area contributed by atoms with Gasteiger partial charge in [-0.05, 0) is 37.5 Å². The number of aromatic nitrogens is 2. The molecule has 0 amide bonds. The summed E-state index contributed by atoms with van der Waals surface area (Å²) in [4.78, 5) is 0. The molecule has 1 heterocycles. The van der Waals surface area contributed by atoms with Crippen LogP contribution in [0.15, 0.2) is 12.1 Å². The molecule has 0 atom stereocenters. The Bertz CT molecular complexity index is 717. The first-order chi connectivity index (χ1) is 12.7. The zero-order valence-electron chi connectivity index (χ0n) is 15.5. The molecule has 0 spiro atoms. The van der Waals surface area contributed by atoms with Crippen LogP contribution in [0.2, 0.25) is 0 Å². The second-order valence-electron chi connectivity index (χ2n) is 5.11. The minimum atomic E-state index is 0.412. The topological polar surface area (TPSA) is 68.0 Å². The summed E-state index contributed by atoms with van der Waals surface area (Å²) in [7, 11) is 1.27. The Morgan fingerprint density at radius 3 is 2.62 bits per heavy atom. The normalized spacial score (nSPS) is 10.0. The van der Waals surface area contributed by atoms with Crippen LogP contribution in [0.3, 0.4) is 0 Å². The highest BCUT2D eigenvalue weighted by molar-refractivity contribution is 14.2. The van der Waals surface area contributed by atoms with Gasteiger partial charge in [0.05, 0.1) is 34.1 Å². The number of nitriles is 1. The van der Waals surface area contributed by atoms with Crippen molar-refractivity contribution >= 4 is 41.8 Å². The molecule has 0 aliphatic rings. The van der Waals surface area contributed by atoms with Gasteiger partial charge < -0.3 is 8.92 Å². The highest BCUT2D eigenvalue weighted by atomic mass is 127. The van der Waals surface area contributed by atoms with Crippen LogP contribution in [0.1, 0.15) is 53.9 Å². The van der Waals surface area contributed by atoms with E-state index in [4.69, 9.17) is 14.2 Å². The third kappa shape index (κ3) is 7.39. The molecule has 0 saturated heterocycles. The number of aryl methyl sites for hydroxylation is 3. The molecule has 8 heteroatoms. The lowest BCUT2D eigenvalue weighted by atomic mass is 10.1. The monoisotopic (exact) mass is 505 g/mol. The van der Waals surface area contributed by atoms with Crippen molar-refractivity contribution in [1.29, 1.82) is 5.26 Å². The van der Waals surface area contributed by atoms with E-state index in [9.17, 15) is 0 Å². The molecule has 0 unspecified atom stereocenters. The molecule has 2 aromatic rings. The van der Waals surface area contributed by atoms with E-state index >= 15 is 0 Å². The molecule has 0 N–H and O–H groups in total. The van der Waals surface area contributed by atoms with Crippen LogP contribution in [-0.4, -0.2) is 16.8 Å². The number of halogens is 1. The van der Waals surface area contributed by atoms with Crippen molar-refractivity contribution in [3.8, 4) is 11.8 Å². The quantitative estimate of drug-likeness (QED) is 0.243. The van der Waals surface area contributed by atoms with Gasteiger partial charge in [0.15, 0.2) is 0 Å². The van der Waals surface area contributed by atoms with Crippen molar-refractivity contribution in [2.75, 3.05) is 6.61 Å². The van der Waals surface area contributed by atoms with E-state index in [-0.39, 0.29) is 0 Å². The van der Waals surface area contributed by atoms with Crippen molar-refractivity contribution in [3.05, 3.63) is 38.8 Å². The van der Waals surface area contributed by atoms with E-state index in [1.165, 1.54) is 9.21 Å². The molecule has 5 nitrogen and oxygen atoms in total. The van der Waals surface area contributed by atoms with E-state index in [1.807, 2.05) is 32.9 Å². The first-order valence-electron chi connectivity index (χ1n) is 8.55. The van der Waals surface area contributed by atoms with Gasteiger partial charge >= 0.3 is 0 Å². The van der Waals surface area contributed by atoms with Crippen molar-refractivity contribution < 1.29 is 8.92 Å². The number of hydrogen-bond acceptors (Lipinski definition) is 7. The lowest BCUT2D eigenvalue weighted by Crippen LogP contribution is -2.04. The smallest absolute Gasteiger partial charge is 0.127 e. The van der Waals surface area contributed by atoms with Crippen molar-refractivity contribution in [3.63, 3.8) is 0 Å². The maximum atomic E-state index is 9.12. The van der Waals surface area contributed by atoms with E-state index in [1.54, 1.807) is 11.3 Å². The summed E-state index contributed by atoms with van der Waals surface area (Å²) in [6, 6.07) is 5.84. The zero-order chi connectivity index (χ0) is 19.4. The van der Waals surface area contributed by atoms with Gasteiger partial charge in [0.2, 0.25) is 0 Å². The second kappa shape index (κ2) is 13.3. The predicted octanol–water partition coefficient (Wildman–Crippen LogP) is 5.83. The molecule has 0 bridgehead atoms. The summed E-state index contributed by atoms with van der Waals surface area (Å²) in [6.07, 6.45) is 2.67. The van der Waals surface area contributed by atoms with Crippen LogP contribution in [0.5, 0.6) is 5.75 Å². The van der Waals surface area contributed by atoms with E-state index in [2.05, 4.69) is 44.4 Å². The van der Waals surface area contributed by atoms with Gasteiger partial charge in [0.25, 0.3) is 0 Å². The van der Waals surface area contributed by atoms with Crippen LogP contribution in [0.25, 0.3) is 0 Å². The lowest BCUT2D eigenvalue weighted by molar-refractivity contribution is 0.293. The molecule has 1 aromatic heterocycles. The Kier molecular flexibility index (Phi) is 11.8. The Hall–Kier alpha value is -0.890. The molecule has 0 aliphatic heterocycles. The molecule has 0 aliphatic carbocycles. The number of hydrogen-bond donors (Lipinski definition) is 0. The molecule has 0 radical (unpaired) electrons. The van der Waals surface area contributed by atoms with Gasteiger partial charge in [-0.25, -0.2) is 0 Å². The molecular formula is C18H24IN3O2S2. The Morgan fingerprint density at radius 1 is 1.27 bits per heavy atom. The highest BCUT2D eigenvalue weighted by Crippen LogP contribution is 2.28. The summed E-state index contributed by atoms with van der Waals surface area (Å²) in [6.45, 7) is 9.04. The third-order valence-corrected chi connectivity index (χ3v) is 5.43. The van der Waals surface area contributed by atoms with Gasteiger partial charge in [-0.1, -0.05) is 20.8 Å². The van der Waals surface area contributed by atoms with E-state index < -0.39 is 0 Å². The first kappa shape index (κ1) is 23.1. The van der Waals surface area contributed by atoms with Crippen molar-refractivity contribution in [2.45, 2.75) is 53.6 Å². The minimum Gasteiger partial charge on any atom is -0.493 e. The SMILES string of the molecule is CC.CCc1nnc(CCCOc2c(C)cc(C#N)cc2COSI)s1. The average molecular weight is 505 g/mol. The number of ether oxygens (including phenoxy) is 1. The average Bonchev–Trinajstić information content (AvgIpc) is 3.14. The maximum Gasteiger partial charge on any atom is 0.127 e. The third-order valence-electron chi connectivity index (χ3n) is 3.33. The molecule has 26 heavy (non-hydrogen) atoms. The van der Waals surface area contributed by atoms with Crippen LogP contribution in [0.4, 0.5) is 0 Å². The number of rotatable bonds is 9. The number of benzene rings is 1. The van der Waals surface area contributed by atoms with Crippen molar-refractivity contribution in [2.24, 2.45) is 0 Å². The fraction of sp³-hybridized carbons (Fsp3) is 0.500. The summed E-state index contributed by atoms with van der Waals surface area (Å²) in [5.41, 5.74) is 2.48. The summed E-state index contributed by atoms with van der Waals surface area (Å²) in [5.74, 6) is 0.811. The van der Waals surface area contributed by atoms with Gasteiger partial charge in [-0.3, -0.25) is 0 Å². The van der Waals surface area contributed by atoms with Crippen LogP contribution in [0, 0.1) is 18.3 Å². The van der Waals surface area contributed by atoms with Crippen molar-refractivity contribution in [1.82, 2.24) is 10.2 Å². The van der Waals surface area contributed by atoms with Crippen LogP contribution < -0.4 is 4.74 Å². The molecule has 0 saturated carbocycles. The molecule has 142 valence electrons. The van der Waals surface area contributed by atoms with E-state index in [0.717, 1.165) is 46.2 Å². The van der Waals surface area contributed by atoms with Gasteiger partial charge in [-0.2, -0.15) is 5.26 Å². The van der Waals surface area contributed by atoms with E-state index in [0.29, 0.717) is 18.8 Å². The highest BCUT2D eigenvalue weighted by Gasteiger charge is 2.11. The molecular weight excluding hydrogens is 481 g/mol. The Balaban J connectivity index is 0.00000163. The van der Waals surface area contributed by atoms with Crippen LogP contribution in [-0.2, 0) is 23.6 Å². The standard InChI is InChI=1S/C16H18IN3O2S2.C2H6/c1-3-14-19-20-15(23-14)5-4-6-21-16-11(2)7-12(9-18)8-13(16)10-22-24-17;1-2/h7-8H,3-6,10H2,1-2H3;1-2H3. The summed E-state index contributed by atoms with van der Waals surface area (Å²) < 4.78 is 11.4. The van der Waals surface area contributed by atoms with Crippen LogP contribution >= 0.6 is 41.8 Å². The molecule has 1 aromatic carbocycles.